The second-order valence-corrected chi connectivity index (χ2v) is 5.16. The summed E-state index contributed by atoms with van der Waals surface area (Å²) in [6.45, 7) is 0. The van der Waals surface area contributed by atoms with Gasteiger partial charge in [0.15, 0.2) is 0 Å². The maximum Gasteiger partial charge on any atom is 0.269 e. The molecule has 1 heterocycles. The largest absolute Gasteiger partial charge is 0.273 e. The molecule has 3 aromatic rings. The molecular weight excluding hydrogens is 322 g/mol. The molecular formula is C17H13N5O3. The molecule has 0 bridgehead atoms. The van der Waals surface area contributed by atoms with Gasteiger partial charge in [0.1, 0.15) is 0 Å². The topological polar surface area (TPSA) is 110 Å². The average molecular weight is 335 g/mol. The summed E-state index contributed by atoms with van der Waals surface area (Å²) >= 11 is 0. The van der Waals surface area contributed by atoms with Crippen LogP contribution in [-0.2, 0) is 11.2 Å². The molecule has 0 spiro atoms. The molecule has 0 saturated carbocycles. The van der Waals surface area contributed by atoms with E-state index in [0.717, 1.165) is 11.1 Å². The standard InChI is InChI=1S/C17H13N5O3/c23-16(10-12-4-6-14(7-5-12)22(24)25)21-20-11-13-2-1-3-15-17(13)19-9-8-18-15/h1-9,11H,10H2,(H,21,23). The van der Waals surface area contributed by atoms with Crippen LogP contribution in [0.4, 0.5) is 5.69 Å². The Morgan fingerprint density at radius 3 is 2.68 bits per heavy atom. The Morgan fingerprint density at radius 2 is 1.92 bits per heavy atom. The van der Waals surface area contributed by atoms with Gasteiger partial charge in [-0.2, -0.15) is 5.10 Å². The molecule has 0 saturated heterocycles. The lowest BCUT2D eigenvalue weighted by Gasteiger charge is -2.01. The Balaban J connectivity index is 1.63. The molecule has 0 unspecified atom stereocenters. The Hall–Kier alpha value is -3.68. The van der Waals surface area contributed by atoms with Crippen LogP contribution in [-0.4, -0.2) is 27.0 Å². The molecule has 8 nitrogen and oxygen atoms in total. The lowest BCUT2D eigenvalue weighted by molar-refractivity contribution is -0.384. The average Bonchev–Trinajstić information content (AvgIpc) is 2.62. The second kappa shape index (κ2) is 7.26. The SMILES string of the molecule is O=C(Cc1ccc([N+](=O)[O-])cc1)NN=Cc1cccc2nccnc12. The molecule has 0 aliphatic heterocycles. The van der Waals surface area contributed by atoms with Crippen LogP contribution in [0.2, 0.25) is 0 Å². The smallest absolute Gasteiger partial charge is 0.269 e. The molecule has 0 aliphatic rings. The molecule has 0 radical (unpaired) electrons. The van der Waals surface area contributed by atoms with Crippen LogP contribution in [0.25, 0.3) is 11.0 Å². The number of para-hydroxylation sites is 1. The summed E-state index contributed by atoms with van der Waals surface area (Å²) in [7, 11) is 0. The number of fused-ring (bicyclic) bond motifs is 1. The van der Waals surface area contributed by atoms with E-state index in [-0.39, 0.29) is 18.0 Å². The van der Waals surface area contributed by atoms with Crippen LogP contribution in [0, 0.1) is 10.1 Å². The second-order valence-electron chi connectivity index (χ2n) is 5.16. The van der Waals surface area contributed by atoms with Crippen molar-refractivity contribution < 1.29 is 9.72 Å². The lowest BCUT2D eigenvalue weighted by atomic mass is 10.1. The minimum absolute atomic E-state index is 0.0146. The van der Waals surface area contributed by atoms with Gasteiger partial charge in [0.25, 0.3) is 5.69 Å². The van der Waals surface area contributed by atoms with Crippen LogP contribution < -0.4 is 5.43 Å². The van der Waals surface area contributed by atoms with E-state index in [0.29, 0.717) is 11.1 Å². The summed E-state index contributed by atoms with van der Waals surface area (Å²) in [4.78, 5) is 30.5. The molecule has 0 atom stereocenters. The zero-order chi connectivity index (χ0) is 17.6. The zero-order valence-corrected chi connectivity index (χ0v) is 13.0. The van der Waals surface area contributed by atoms with Gasteiger partial charge in [-0.05, 0) is 11.6 Å². The van der Waals surface area contributed by atoms with E-state index in [1.807, 2.05) is 18.2 Å². The summed E-state index contributed by atoms with van der Waals surface area (Å²) in [6, 6.07) is 11.3. The highest BCUT2D eigenvalue weighted by Crippen LogP contribution is 2.13. The number of carbonyl (C=O) groups is 1. The van der Waals surface area contributed by atoms with Crippen molar-refractivity contribution in [3.05, 3.63) is 76.1 Å². The van der Waals surface area contributed by atoms with Crippen molar-refractivity contribution in [2.75, 3.05) is 0 Å². The maximum absolute atomic E-state index is 11.9. The van der Waals surface area contributed by atoms with Gasteiger partial charge in [0.2, 0.25) is 5.91 Å². The first kappa shape index (κ1) is 16.2. The molecule has 1 N–H and O–H groups in total. The van der Waals surface area contributed by atoms with E-state index in [4.69, 9.17) is 0 Å². The Kier molecular flexibility index (Phi) is 4.70. The quantitative estimate of drug-likeness (QED) is 0.437. The first-order chi connectivity index (χ1) is 12.1. The molecule has 0 aliphatic carbocycles. The van der Waals surface area contributed by atoms with Crippen molar-refractivity contribution in [1.29, 1.82) is 0 Å². The number of nitro groups is 1. The van der Waals surface area contributed by atoms with Gasteiger partial charge >= 0.3 is 0 Å². The molecule has 1 aromatic heterocycles. The minimum atomic E-state index is -0.485. The van der Waals surface area contributed by atoms with Gasteiger partial charge in [0.05, 0.1) is 28.6 Å². The summed E-state index contributed by atoms with van der Waals surface area (Å²) < 4.78 is 0. The first-order valence-electron chi connectivity index (χ1n) is 7.38. The number of hydrogen-bond donors (Lipinski definition) is 1. The Morgan fingerprint density at radius 1 is 1.16 bits per heavy atom. The number of amides is 1. The summed E-state index contributed by atoms with van der Waals surface area (Å²) in [5.41, 5.74) is 5.25. The van der Waals surface area contributed by atoms with Gasteiger partial charge in [-0.25, -0.2) is 5.43 Å². The predicted molar refractivity (Wildman–Crippen MR) is 92.1 cm³/mol. The van der Waals surface area contributed by atoms with Gasteiger partial charge < -0.3 is 0 Å². The highest BCUT2D eigenvalue weighted by atomic mass is 16.6. The lowest BCUT2D eigenvalue weighted by Crippen LogP contribution is -2.19. The van der Waals surface area contributed by atoms with Crippen molar-refractivity contribution in [2.45, 2.75) is 6.42 Å². The van der Waals surface area contributed by atoms with E-state index < -0.39 is 4.92 Å². The minimum Gasteiger partial charge on any atom is -0.273 e. The molecule has 1 amide bonds. The number of non-ortho nitro benzene ring substituents is 1. The number of hydrogen-bond acceptors (Lipinski definition) is 6. The van der Waals surface area contributed by atoms with Crippen molar-refractivity contribution in [1.82, 2.24) is 15.4 Å². The number of hydrazone groups is 1. The summed E-state index contributed by atoms with van der Waals surface area (Å²) in [6.07, 6.45) is 4.78. The molecule has 2 aromatic carbocycles. The Bertz CT molecular complexity index is 949. The van der Waals surface area contributed by atoms with E-state index in [9.17, 15) is 14.9 Å². The number of aromatic nitrogens is 2. The molecule has 0 fully saturated rings. The molecule has 8 heteroatoms. The highest BCUT2D eigenvalue weighted by molar-refractivity contribution is 5.96. The fraction of sp³-hybridized carbons (Fsp3) is 0.0588. The molecule has 3 rings (SSSR count). The van der Waals surface area contributed by atoms with Gasteiger partial charge in [-0.3, -0.25) is 24.9 Å². The highest BCUT2D eigenvalue weighted by Gasteiger charge is 2.07. The molecule has 124 valence electrons. The third-order valence-electron chi connectivity index (χ3n) is 3.43. The fourth-order valence-corrected chi connectivity index (χ4v) is 2.25. The van der Waals surface area contributed by atoms with E-state index in [1.165, 1.54) is 18.3 Å². The van der Waals surface area contributed by atoms with Crippen LogP contribution in [0.3, 0.4) is 0 Å². The normalized spacial score (nSPS) is 10.9. The van der Waals surface area contributed by atoms with Gasteiger partial charge in [0, 0.05) is 30.1 Å². The maximum atomic E-state index is 11.9. The van der Waals surface area contributed by atoms with Crippen molar-refractivity contribution in [3.8, 4) is 0 Å². The first-order valence-corrected chi connectivity index (χ1v) is 7.38. The van der Waals surface area contributed by atoms with Gasteiger partial charge in [-0.1, -0.05) is 24.3 Å². The third kappa shape index (κ3) is 3.99. The van der Waals surface area contributed by atoms with Gasteiger partial charge in [-0.15, -0.1) is 0 Å². The monoisotopic (exact) mass is 335 g/mol. The number of nitrogens with one attached hydrogen (secondary N) is 1. The van der Waals surface area contributed by atoms with E-state index in [1.54, 1.807) is 24.5 Å². The van der Waals surface area contributed by atoms with Crippen LogP contribution >= 0.6 is 0 Å². The number of rotatable bonds is 5. The van der Waals surface area contributed by atoms with Crippen LogP contribution in [0.15, 0.2) is 60.0 Å². The van der Waals surface area contributed by atoms with Crippen molar-refractivity contribution >= 4 is 28.8 Å². The van der Waals surface area contributed by atoms with Crippen LogP contribution in [0.1, 0.15) is 11.1 Å². The number of benzene rings is 2. The van der Waals surface area contributed by atoms with E-state index >= 15 is 0 Å². The van der Waals surface area contributed by atoms with E-state index in [2.05, 4.69) is 20.5 Å². The number of nitrogens with zero attached hydrogens (tertiary/aromatic N) is 4. The zero-order valence-electron chi connectivity index (χ0n) is 13.0. The number of nitro benzene ring substituents is 1. The van der Waals surface area contributed by atoms with Crippen LogP contribution in [0.5, 0.6) is 0 Å². The number of carbonyl (C=O) groups excluding carboxylic acids is 1. The Labute approximate surface area is 142 Å². The van der Waals surface area contributed by atoms with Crippen molar-refractivity contribution in [3.63, 3.8) is 0 Å². The fourth-order valence-electron chi connectivity index (χ4n) is 2.25. The van der Waals surface area contributed by atoms with Crippen molar-refractivity contribution in [2.24, 2.45) is 5.10 Å². The summed E-state index contributed by atoms with van der Waals surface area (Å²) in [5.74, 6) is -0.323. The molecule has 25 heavy (non-hydrogen) atoms. The third-order valence-corrected chi connectivity index (χ3v) is 3.43. The summed E-state index contributed by atoms with van der Waals surface area (Å²) in [5, 5.41) is 14.5. The predicted octanol–water partition coefficient (Wildman–Crippen LogP) is 2.23.